The Bertz CT molecular complexity index is 1340. The summed E-state index contributed by atoms with van der Waals surface area (Å²) in [5, 5.41) is 8.56. The summed E-state index contributed by atoms with van der Waals surface area (Å²) in [6, 6.07) is 0.146. The highest BCUT2D eigenvalue weighted by molar-refractivity contribution is 7.91. The minimum absolute atomic E-state index is 0.146. The number of rotatable bonds is 8. The third-order valence-electron chi connectivity index (χ3n) is 6.16. The molecule has 1 amide bonds. The van der Waals surface area contributed by atoms with E-state index in [4.69, 9.17) is 9.97 Å². The number of thiophene rings is 1. The molecule has 13 heteroatoms. The molecular weight excluding hydrogens is 506 g/mol. The molecule has 10 nitrogen and oxygen atoms in total. The summed E-state index contributed by atoms with van der Waals surface area (Å²) in [5.74, 6) is 2.05. The molecule has 2 fully saturated rings. The third kappa shape index (κ3) is 5.33. The minimum atomic E-state index is -3.63. The molecule has 0 spiro atoms. The number of carbonyl (C=O) groups excluding carboxylic acids is 1. The second kappa shape index (κ2) is 9.69. The van der Waals surface area contributed by atoms with Crippen molar-refractivity contribution in [3.8, 4) is 0 Å². The highest BCUT2D eigenvalue weighted by Crippen LogP contribution is 2.40. The maximum atomic E-state index is 13.0. The zero-order valence-corrected chi connectivity index (χ0v) is 22.4. The molecule has 1 saturated heterocycles. The molecule has 0 unspecified atom stereocenters. The molecular formula is C22H29N7O3S3. The van der Waals surface area contributed by atoms with Crippen LogP contribution in [0.3, 0.4) is 0 Å². The molecule has 3 aromatic heterocycles. The number of nitrogens with zero attached hydrogens (tertiary/aromatic N) is 5. The van der Waals surface area contributed by atoms with Gasteiger partial charge in [0.1, 0.15) is 11.6 Å². The highest BCUT2D eigenvalue weighted by Gasteiger charge is 2.31. The van der Waals surface area contributed by atoms with Gasteiger partial charge in [-0.25, -0.2) is 23.4 Å². The van der Waals surface area contributed by atoms with Gasteiger partial charge in [0.15, 0.2) is 9.34 Å². The molecule has 2 aliphatic rings. The molecule has 0 radical (unpaired) electrons. The number of nitrogens with one attached hydrogen (secondary N) is 2. The number of carbonyl (C=O) groups is 1. The summed E-state index contributed by atoms with van der Waals surface area (Å²) in [7, 11) is -3.63. The number of thiazole rings is 1. The van der Waals surface area contributed by atoms with Crippen molar-refractivity contribution in [3.05, 3.63) is 23.0 Å². The molecule has 3 aromatic rings. The number of aryl methyl sites for hydroxylation is 1. The first-order valence-electron chi connectivity index (χ1n) is 11.7. The number of fused-ring (bicyclic) bond motifs is 1. The van der Waals surface area contributed by atoms with Crippen LogP contribution in [0.25, 0.3) is 10.2 Å². The highest BCUT2D eigenvalue weighted by atomic mass is 32.2. The van der Waals surface area contributed by atoms with Crippen LogP contribution in [0.15, 0.2) is 15.8 Å². The summed E-state index contributed by atoms with van der Waals surface area (Å²) < 4.78 is 28.8. The van der Waals surface area contributed by atoms with Gasteiger partial charge in [0.05, 0.1) is 16.4 Å². The smallest absolute Gasteiger partial charge is 0.254 e. The Hall–Kier alpha value is -2.19. The summed E-state index contributed by atoms with van der Waals surface area (Å²) >= 11 is 2.65. The van der Waals surface area contributed by atoms with E-state index in [-0.39, 0.29) is 16.2 Å². The van der Waals surface area contributed by atoms with Gasteiger partial charge in [-0.2, -0.15) is 4.31 Å². The fourth-order valence-corrected chi connectivity index (χ4v) is 7.80. The number of anilines is 2. The maximum Gasteiger partial charge on any atom is 0.254 e. The lowest BCUT2D eigenvalue weighted by molar-refractivity contribution is -0.114. The van der Waals surface area contributed by atoms with E-state index in [0.29, 0.717) is 37.2 Å². The quantitative estimate of drug-likeness (QED) is 0.452. The van der Waals surface area contributed by atoms with Crippen molar-refractivity contribution in [2.24, 2.45) is 0 Å². The van der Waals surface area contributed by atoms with Crippen molar-refractivity contribution in [1.29, 1.82) is 0 Å². The third-order valence-corrected chi connectivity index (χ3v) is 10.5. The molecule has 0 bridgehead atoms. The first-order valence-corrected chi connectivity index (χ1v) is 14.8. The van der Waals surface area contributed by atoms with Crippen molar-refractivity contribution >= 4 is 59.8 Å². The van der Waals surface area contributed by atoms with Gasteiger partial charge in [0, 0.05) is 51.6 Å². The van der Waals surface area contributed by atoms with E-state index in [9.17, 15) is 13.2 Å². The lowest BCUT2D eigenvalue weighted by atomic mass is 10.2. The van der Waals surface area contributed by atoms with Gasteiger partial charge in [-0.05, 0) is 37.6 Å². The van der Waals surface area contributed by atoms with Crippen molar-refractivity contribution in [2.75, 3.05) is 43.4 Å². The van der Waals surface area contributed by atoms with Crippen LogP contribution in [0.2, 0.25) is 0 Å². The molecule has 0 aromatic carbocycles. The van der Waals surface area contributed by atoms with Crippen LogP contribution in [0.5, 0.6) is 0 Å². The van der Waals surface area contributed by atoms with Crippen LogP contribution < -0.4 is 10.6 Å². The number of hydrogen-bond acceptors (Lipinski definition) is 10. The zero-order valence-electron chi connectivity index (χ0n) is 19.9. The van der Waals surface area contributed by atoms with Crippen molar-refractivity contribution in [1.82, 2.24) is 24.2 Å². The summed E-state index contributed by atoms with van der Waals surface area (Å²) in [6.45, 7) is 8.50. The maximum absolute atomic E-state index is 13.0. The minimum Gasteiger partial charge on any atom is -0.365 e. The number of hydrogen-bond donors (Lipinski definition) is 2. The molecule has 188 valence electrons. The van der Waals surface area contributed by atoms with Crippen LogP contribution in [0, 0.1) is 6.92 Å². The Labute approximate surface area is 212 Å². The lowest BCUT2D eigenvalue weighted by Crippen LogP contribution is -2.50. The first kappa shape index (κ1) is 24.5. The zero-order chi connectivity index (χ0) is 24.7. The van der Waals surface area contributed by atoms with E-state index in [0.717, 1.165) is 52.6 Å². The molecule has 5 rings (SSSR count). The van der Waals surface area contributed by atoms with E-state index >= 15 is 0 Å². The SMILES string of the molecule is CC(=O)Nc1ncc(S(=O)(=O)N2CCN(C[C@H](C)Nc3nc(C4CC4)nc4c(C)csc34)CC2)s1. The van der Waals surface area contributed by atoms with Gasteiger partial charge >= 0.3 is 0 Å². The Morgan fingerprint density at radius 1 is 1.23 bits per heavy atom. The van der Waals surface area contributed by atoms with Crippen molar-refractivity contribution in [2.45, 2.75) is 49.8 Å². The normalized spacial score (nSPS) is 18.6. The lowest BCUT2D eigenvalue weighted by Gasteiger charge is -2.35. The van der Waals surface area contributed by atoms with Crippen LogP contribution >= 0.6 is 22.7 Å². The topological polar surface area (TPSA) is 120 Å². The first-order chi connectivity index (χ1) is 16.7. The molecule has 1 aliphatic heterocycles. The Balaban J connectivity index is 1.19. The van der Waals surface area contributed by atoms with Gasteiger partial charge < -0.3 is 10.6 Å². The van der Waals surface area contributed by atoms with Crippen LogP contribution in [-0.2, 0) is 14.8 Å². The molecule has 1 saturated carbocycles. The molecule has 1 aliphatic carbocycles. The Kier molecular flexibility index (Phi) is 6.79. The van der Waals surface area contributed by atoms with Gasteiger partial charge in [0.2, 0.25) is 5.91 Å². The standard InChI is InChI=1S/C22H29N7O3S3/c1-13-12-33-19-18(13)26-20(16-4-5-16)27-21(19)24-14(2)11-28-6-8-29(9-7-28)35(31,32)17-10-23-22(34-17)25-15(3)30/h10,12,14,16H,4-9,11H2,1-3H3,(H,23,25,30)(H,24,26,27)/t14-/m0/s1. The molecule has 4 heterocycles. The van der Waals surface area contributed by atoms with E-state index in [1.165, 1.54) is 23.0 Å². The fourth-order valence-electron chi connectivity index (χ4n) is 4.20. The van der Waals surface area contributed by atoms with E-state index in [1.54, 1.807) is 11.3 Å². The van der Waals surface area contributed by atoms with Crippen LogP contribution in [0.4, 0.5) is 10.9 Å². The van der Waals surface area contributed by atoms with Crippen molar-refractivity contribution in [3.63, 3.8) is 0 Å². The second-order valence-corrected chi connectivity index (χ2v) is 13.3. The summed E-state index contributed by atoms with van der Waals surface area (Å²) in [4.78, 5) is 27.2. The number of amides is 1. The van der Waals surface area contributed by atoms with Gasteiger partial charge in [-0.1, -0.05) is 11.3 Å². The molecule has 1 atom stereocenters. The Morgan fingerprint density at radius 2 is 1.97 bits per heavy atom. The van der Waals surface area contributed by atoms with E-state index in [2.05, 4.69) is 39.7 Å². The Morgan fingerprint density at radius 3 is 2.66 bits per heavy atom. The monoisotopic (exact) mass is 535 g/mol. The van der Waals surface area contributed by atoms with E-state index < -0.39 is 10.0 Å². The molecule has 2 N–H and O–H groups in total. The summed E-state index contributed by atoms with van der Waals surface area (Å²) in [6.07, 6.45) is 3.63. The van der Waals surface area contributed by atoms with Gasteiger partial charge in [0.25, 0.3) is 10.0 Å². The molecule has 35 heavy (non-hydrogen) atoms. The number of aromatic nitrogens is 3. The predicted molar refractivity (Wildman–Crippen MR) is 139 cm³/mol. The largest absolute Gasteiger partial charge is 0.365 e. The van der Waals surface area contributed by atoms with E-state index in [1.807, 2.05) is 0 Å². The fraction of sp³-hybridized carbons (Fsp3) is 0.545. The van der Waals surface area contributed by atoms with Crippen LogP contribution in [0.1, 0.15) is 44.0 Å². The van der Waals surface area contributed by atoms with Gasteiger partial charge in [-0.3, -0.25) is 9.69 Å². The van der Waals surface area contributed by atoms with Crippen LogP contribution in [-0.4, -0.2) is 77.2 Å². The average molecular weight is 536 g/mol. The van der Waals surface area contributed by atoms with Gasteiger partial charge in [-0.15, -0.1) is 11.3 Å². The average Bonchev–Trinajstić information content (AvgIpc) is 3.44. The predicted octanol–water partition coefficient (Wildman–Crippen LogP) is 3.10. The second-order valence-electron chi connectivity index (χ2n) is 9.22. The number of piperazine rings is 1. The van der Waals surface area contributed by atoms with Crippen molar-refractivity contribution < 1.29 is 13.2 Å². The number of sulfonamides is 1. The summed E-state index contributed by atoms with van der Waals surface area (Å²) in [5.41, 5.74) is 2.23.